The van der Waals surface area contributed by atoms with Crippen LogP contribution in [0.4, 0.5) is 5.69 Å². The molecule has 17 heavy (non-hydrogen) atoms. The molecule has 0 aromatic heterocycles. The van der Waals surface area contributed by atoms with Gasteiger partial charge in [0, 0.05) is 26.7 Å². The van der Waals surface area contributed by atoms with Crippen molar-refractivity contribution in [3.05, 3.63) is 27.1 Å². The summed E-state index contributed by atoms with van der Waals surface area (Å²) in [4.78, 5) is 0. The van der Waals surface area contributed by atoms with Crippen LogP contribution in [0.2, 0.25) is 0 Å². The molecule has 2 rings (SSSR count). The number of rotatable bonds is 4. The van der Waals surface area contributed by atoms with Gasteiger partial charge in [0.05, 0.1) is 0 Å². The molecule has 1 aliphatic rings. The summed E-state index contributed by atoms with van der Waals surface area (Å²) in [5.74, 6) is 0. The van der Waals surface area contributed by atoms with Crippen molar-refractivity contribution < 1.29 is 0 Å². The molecule has 0 aliphatic carbocycles. The molecule has 1 aromatic carbocycles. The third-order valence-electron chi connectivity index (χ3n) is 3.13. The molecule has 2 nitrogen and oxygen atoms in total. The summed E-state index contributed by atoms with van der Waals surface area (Å²) >= 11 is 7.05. The van der Waals surface area contributed by atoms with Crippen LogP contribution in [0.25, 0.3) is 0 Å². The molecule has 1 heterocycles. The molecular weight excluding hydrogens is 344 g/mol. The Morgan fingerprint density at radius 3 is 2.94 bits per heavy atom. The summed E-state index contributed by atoms with van der Waals surface area (Å²) in [6.07, 6.45) is 3.81. The topological polar surface area (TPSA) is 24.1 Å². The Morgan fingerprint density at radius 1 is 1.47 bits per heavy atom. The number of nitrogens with one attached hydrogen (secondary N) is 2. The van der Waals surface area contributed by atoms with E-state index in [9.17, 15) is 0 Å². The van der Waals surface area contributed by atoms with Gasteiger partial charge in [-0.05, 0) is 66.9 Å². The predicted molar refractivity (Wildman–Crippen MR) is 80.6 cm³/mol. The Kier molecular flexibility index (Phi) is 4.88. The quantitative estimate of drug-likeness (QED) is 0.841. The lowest BCUT2D eigenvalue weighted by Crippen LogP contribution is -2.29. The van der Waals surface area contributed by atoms with E-state index < -0.39 is 0 Å². The number of anilines is 1. The average Bonchev–Trinajstić information content (AvgIpc) is 2.75. The second-order valence-electron chi connectivity index (χ2n) is 4.70. The normalized spacial score (nSPS) is 21.5. The summed E-state index contributed by atoms with van der Waals surface area (Å²) < 4.78 is 2.21. The lowest BCUT2D eigenvalue weighted by molar-refractivity contribution is 0.523. The van der Waals surface area contributed by atoms with Crippen LogP contribution in [-0.4, -0.2) is 18.6 Å². The maximum Gasteiger partial charge on any atom is 0.0487 e. The fourth-order valence-corrected chi connectivity index (χ4v) is 3.48. The lowest BCUT2D eigenvalue weighted by atomic mass is 10.1. The van der Waals surface area contributed by atoms with Crippen LogP contribution in [0.15, 0.2) is 27.1 Å². The highest BCUT2D eigenvalue weighted by molar-refractivity contribution is 9.11. The fourth-order valence-electron chi connectivity index (χ4n) is 2.32. The van der Waals surface area contributed by atoms with Crippen LogP contribution < -0.4 is 10.6 Å². The third-order valence-corrected chi connectivity index (χ3v) is 4.28. The van der Waals surface area contributed by atoms with Gasteiger partial charge in [-0.3, -0.25) is 0 Å². The molecule has 0 spiro atoms. The predicted octanol–water partition coefficient (Wildman–Crippen LogP) is 4.15. The van der Waals surface area contributed by atoms with Crippen molar-refractivity contribution >= 4 is 37.5 Å². The first-order chi connectivity index (χ1) is 8.15. The molecule has 4 heteroatoms. The number of hydrogen-bond acceptors (Lipinski definition) is 2. The molecule has 1 aromatic rings. The Labute approximate surface area is 120 Å². The van der Waals surface area contributed by atoms with E-state index in [2.05, 4.69) is 67.6 Å². The first-order valence-electron chi connectivity index (χ1n) is 6.10. The van der Waals surface area contributed by atoms with Gasteiger partial charge in [-0.2, -0.15) is 0 Å². The molecule has 2 atom stereocenters. The Morgan fingerprint density at radius 2 is 2.29 bits per heavy atom. The maximum atomic E-state index is 3.58. The first-order valence-corrected chi connectivity index (χ1v) is 7.68. The maximum absolute atomic E-state index is 3.58. The largest absolute Gasteiger partial charge is 0.382 e. The molecule has 1 aliphatic heterocycles. The van der Waals surface area contributed by atoms with E-state index >= 15 is 0 Å². The number of benzene rings is 1. The van der Waals surface area contributed by atoms with Gasteiger partial charge in [-0.25, -0.2) is 0 Å². The van der Waals surface area contributed by atoms with Crippen molar-refractivity contribution in [3.8, 4) is 0 Å². The third kappa shape index (κ3) is 3.97. The Hall–Kier alpha value is -0.0600. The molecular formula is C13H18Br2N2. The van der Waals surface area contributed by atoms with E-state index in [0.29, 0.717) is 12.1 Å². The number of hydrogen-bond donors (Lipinski definition) is 2. The molecule has 0 radical (unpaired) electrons. The fraction of sp³-hybridized carbons (Fsp3) is 0.538. The molecule has 0 amide bonds. The second kappa shape index (κ2) is 6.21. The monoisotopic (exact) mass is 360 g/mol. The van der Waals surface area contributed by atoms with E-state index in [4.69, 9.17) is 0 Å². The van der Waals surface area contributed by atoms with Crippen molar-refractivity contribution in [2.24, 2.45) is 0 Å². The van der Waals surface area contributed by atoms with E-state index in [1.807, 2.05) is 0 Å². The van der Waals surface area contributed by atoms with Crippen LogP contribution in [0.3, 0.4) is 0 Å². The van der Waals surface area contributed by atoms with Gasteiger partial charge in [0.25, 0.3) is 0 Å². The minimum Gasteiger partial charge on any atom is -0.382 e. The molecule has 0 bridgehead atoms. The minimum absolute atomic E-state index is 0.489. The van der Waals surface area contributed by atoms with Crippen LogP contribution in [0.5, 0.6) is 0 Å². The number of halogens is 2. The van der Waals surface area contributed by atoms with Gasteiger partial charge < -0.3 is 10.6 Å². The minimum atomic E-state index is 0.489. The molecule has 1 saturated heterocycles. The highest BCUT2D eigenvalue weighted by Crippen LogP contribution is 2.27. The lowest BCUT2D eigenvalue weighted by Gasteiger charge is -2.20. The van der Waals surface area contributed by atoms with Crippen molar-refractivity contribution in [2.75, 3.05) is 11.9 Å². The van der Waals surface area contributed by atoms with E-state index in [-0.39, 0.29) is 0 Å². The zero-order valence-corrected chi connectivity index (χ0v) is 13.1. The zero-order valence-electron chi connectivity index (χ0n) is 9.97. The second-order valence-corrected chi connectivity index (χ2v) is 6.47. The van der Waals surface area contributed by atoms with Crippen LogP contribution in [0.1, 0.15) is 26.2 Å². The summed E-state index contributed by atoms with van der Waals surface area (Å²) in [5, 5.41) is 7.09. The van der Waals surface area contributed by atoms with Crippen molar-refractivity contribution in [2.45, 2.75) is 38.3 Å². The average molecular weight is 362 g/mol. The van der Waals surface area contributed by atoms with Gasteiger partial charge in [0.2, 0.25) is 0 Å². The molecule has 1 fully saturated rings. The van der Waals surface area contributed by atoms with Crippen LogP contribution >= 0.6 is 31.9 Å². The van der Waals surface area contributed by atoms with Gasteiger partial charge >= 0.3 is 0 Å². The summed E-state index contributed by atoms with van der Waals surface area (Å²) in [6, 6.07) is 7.42. The van der Waals surface area contributed by atoms with Gasteiger partial charge in [0.15, 0.2) is 0 Å². The standard InChI is InChI=1S/C13H18Br2N2/c1-9(7-11-3-2-6-16-11)17-13-5-4-10(14)8-12(13)15/h4-5,8-9,11,16-17H,2-3,6-7H2,1H3. The Balaban J connectivity index is 1.90. The van der Waals surface area contributed by atoms with Crippen molar-refractivity contribution in [1.29, 1.82) is 0 Å². The molecule has 94 valence electrons. The highest BCUT2D eigenvalue weighted by Gasteiger charge is 2.17. The molecule has 2 N–H and O–H groups in total. The van der Waals surface area contributed by atoms with Gasteiger partial charge in [-0.15, -0.1) is 0 Å². The van der Waals surface area contributed by atoms with Gasteiger partial charge in [-0.1, -0.05) is 15.9 Å². The Bertz CT molecular complexity index is 376. The summed E-state index contributed by atoms with van der Waals surface area (Å²) in [5.41, 5.74) is 1.17. The van der Waals surface area contributed by atoms with E-state index in [0.717, 1.165) is 8.95 Å². The zero-order chi connectivity index (χ0) is 12.3. The summed E-state index contributed by atoms with van der Waals surface area (Å²) in [7, 11) is 0. The SMILES string of the molecule is CC(CC1CCCN1)Nc1ccc(Br)cc1Br. The highest BCUT2D eigenvalue weighted by atomic mass is 79.9. The molecule has 2 unspecified atom stereocenters. The van der Waals surface area contributed by atoms with Crippen molar-refractivity contribution in [1.82, 2.24) is 5.32 Å². The summed E-state index contributed by atoms with van der Waals surface area (Å²) in [6.45, 7) is 3.42. The first kappa shape index (κ1) is 13.4. The van der Waals surface area contributed by atoms with E-state index in [1.54, 1.807) is 0 Å². The van der Waals surface area contributed by atoms with Crippen molar-refractivity contribution in [3.63, 3.8) is 0 Å². The molecule has 0 saturated carbocycles. The van der Waals surface area contributed by atoms with Crippen LogP contribution in [0, 0.1) is 0 Å². The van der Waals surface area contributed by atoms with Gasteiger partial charge in [0.1, 0.15) is 0 Å². The smallest absolute Gasteiger partial charge is 0.0487 e. The van der Waals surface area contributed by atoms with Crippen LogP contribution in [-0.2, 0) is 0 Å². The van der Waals surface area contributed by atoms with E-state index in [1.165, 1.54) is 31.5 Å².